The van der Waals surface area contributed by atoms with E-state index in [9.17, 15) is 14.4 Å². The van der Waals surface area contributed by atoms with Crippen LogP contribution in [0.4, 0.5) is 0 Å². The normalized spacial score (nSPS) is 11.1. The second kappa shape index (κ2) is 8.46. The Bertz CT molecular complexity index is 559. The minimum atomic E-state index is -0.940. The third-order valence-electron chi connectivity index (χ3n) is 4.20. The molecule has 0 aliphatic heterocycles. The SMILES string of the molecule is CCC(CC)(CC(=O)O)NC(=O)CCC(=O)c1ccc(C)cc1. The summed E-state index contributed by atoms with van der Waals surface area (Å²) in [6.45, 7) is 5.65. The summed E-state index contributed by atoms with van der Waals surface area (Å²) < 4.78 is 0. The number of carbonyl (C=O) groups is 3. The highest BCUT2D eigenvalue weighted by atomic mass is 16.4. The van der Waals surface area contributed by atoms with Gasteiger partial charge in [-0.15, -0.1) is 0 Å². The Morgan fingerprint density at radius 1 is 1.04 bits per heavy atom. The number of hydrogen-bond acceptors (Lipinski definition) is 3. The molecule has 0 aliphatic carbocycles. The van der Waals surface area contributed by atoms with Crippen molar-refractivity contribution in [1.29, 1.82) is 0 Å². The van der Waals surface area contributed by atoms with Crippen LogP contribution < -0.4 is 5.32 Å². The van der Waals surface area contributed by atoms with Gasteiger partial charge in [-0.2, -0.15) is 0 Å². The van der Waals surface area contributed by atoms with Gasteiger partial charge in [-0.25, -0.2) is 0 Å². The first kappa shape index (κ1) is 18.9. The molecule has 0 bridgehead atoms. The first-order valence-electron chi connectivity index (χ1n) is 7.94. The summed E-state index contributed by atoms with van der Waals surface area (Å²) >= 11 is 0. The van der Waals surface area contributed by atoms with Gasteiger partial charge in [0, 0.05) is 23.9 Å². The van der Waals surface area contributed by atoms with E-state index in [1.54, 1.807) is 12.1 Å². The van der Waals surface area contributed by atoms with E-state index in [2.05, 4.69) is 5.32 Å². The maximum atomic E-state index is 12.1. The molecule has 0 fully saturated rings. The lowest BCUT2D eigenvalue weighted by Gasteiger charge is -2.31. The molecule has 2 N–H and O–H groups in total. The van der Waals surface area contributed by atoms with Crippen LogP contribution in [0.5, 0.6) is 0 Å². The predicted molar refractivity (Wildman–Crippen MR) is 88.5 cm³/mol. The van der Waals surface area contributed by atoms with Crippen LogP contribution in [-0.2, 0) is 9.59 Å². The van der Waals surface area contributed by atoms with Crippen molar-refractivity contribution in [3.63, 3.8) is 0 Å². The second-order valence-corrected chi connectivity index (χ2v) is 5.90. The Morgan fingerprint density at radius 3 is 2.09 bits per heavy atom. The zero-order valence-electron chi connectivity index (χ0n) is 14.0. The van der Waals surface area contributed by atoms with E-state index in [0.29, 0.717) is 18.4 Å². The molecule has 5 nitrogen and oxygen atoms in total. The van der Waals surface area contributed by atoms with E-state index < -0.39 is 11.5 Å². The number of carbonyl (C=O) groups excluding carboxylic acids is 2. The van der Waals surface area contributed by atoms with E-state index >= 15 is 0 Å². The van der Waals surface area contributed by atoms with Crippen molar-refractivity contribution in [3.8, 4) is 0 Å². The molecule has 0 atom stereocenters. The number of carboxylic acids is 1. The number of ketones is 1. The average molecular weight is 319 g/mol. The Kier molecular flexibility index (Phi) is 6.94. The highest BCUT2D eigenvalue weighted by Gasteiger charge is 2.30. The van der Waals surface area contributed by atoms with Gasteiger partial charge in [-0.1, -0.05) is 43.7 Å². The first-order valence-corrected chi connectivity index (χ1v) is 7.94. The molecule has 126 valence electrons. The monoisotopic (exact) mass is 319 g/mol. The van der Waals surface area contributed by atoms with E-state index in [1.165, 1.54) is 0 Å². The number of amides is 1. The lowest BCUT2D eigenvalue weighted by Crippen LogP contribution is -2.49. The van der Waals surface area contributed by atoms with Crippen LogP contribution >= 0.6 is 0 Å². The lowest BCUT2D eigenvalue weighted by atomic mass is 9.88. The minimum absolute atomic E-state index is 0.0636. The van der Waals surface area contributed by atoms with Gasteiger partial charge >= 0.3 is 5.97 Å². The Morgan fingerprint density at radius 2 is 1.61 bits per heavy atom. The molecule has 0 radical (unpaired) electrons. The van der Waals surface area contributed by atoms with Crippen molar-refractivity contribution < 1.29 is 19.5 Å². The molecular formula is C18H25NO4. The second-order valence-electron chi connectivity index (χ2n) is 5.90. The van der Waals surface area contributed by atoms with Gasteiger partial charge in [-0.3, -0.25) is 14.4 Å². The summed E-state index contributed by atoms with van der Waals surface area (Å²) in [7, 11) is 0. The molecule has 0 saturated heterocycles. The Labute approximate surface area is 137 Å². The number of nitrogens with one attached hydrogen (secondary N) is 1. The van der Waals surface area contributed by atoms with Crippen molar-refractivity contribution in [2.45, 2.75) is 58.4 Å². The van der Waals surface area contributed by atoms with Gasteiger partial charge in [0.15, 0.2) is 5.78 Å². The summed E-state index contributed by atoms with van der Waals surface area (Å²) in [6.07, 6.45) is 1.14. The molecule has 1 amide bonds. The fourth-order valence-electron chi connectivity index (χ4n) is 2.48. The summed E-state index contributed by atoms with van der Waals surface area (Å²) in [4.78, 5) is 35.1. The third-order valence-corrected chi connectivity index (χ3v) is 4.20. The van der Waals surface area contributed by atoms with E-state index in [1.807, 2.05) is 32.9 Å². The summed E-state index contributed by atoms with van der Waals surface area (Å²) in [6, 6.07) is 7.23. The predicted octanol–water partition coefficient (Wildman–Crippen LogP) is 3.11. The maximum absolute atomic E-state index is 12.1. The van der Waals surface area contributed by atoms with Crippen molar-refractivity contribution in [2.75, 3.05) is 0 Å². The van der Waals surface area contributed by atoms with Crippen LogP contribution in [-0.4, -0.2) is 28.3 Å². The minimum Gasteiger partial charge on any atom is -0.481 e. The van der Waals surface area contributed by atoms with Gasteiger partial charge in [0.2, 0.25) is 5.91 Å². The van der Waals surface area contributed by atoms with Crippen molar-refractivity contribution in [3.05, 3.63) is 35.4 Å². The molecule has 0 spiro atoms. The van der Waals surface area contributed by atoms with Crippen LogP contribution in [0.1, 0.15) is 61.9 Å². The van der Waals surface area contributed by atoms with Crippen LogP contribution in [0.15, 0.2) is 24.3 Å². The van der Waals surface area contributed by atoms with Gasteiger partial charge in [0.05, 0.1) is 6.42 Å². The zero-order valence-corrected chi connectivity index (χ0v) is 14.0. The van der Waals surface area contributed by atoms with Crippen molar-refractivity contribution >= 4 is 17.7 Å². The molecule has 5 heteroatoms. The van der Waals surface area contributed by atoms with E-state index in [4.69, 9.17) is 5.11 Å². The number of hydrogen-bond donors (Lipinski definition) is 2. The Hall–Kier alpha value is -2.17. The zero-order chi connectivity index (χ0) is 17.5. The van der Waals surface area contributed by atoms with Gasteiger partial charge in [0.1, 0.15) is 0 Å². The van der Waals surface area contributed by atoms with E-state index in [-0.39, 0.29) is 31.0 Å². The fraction of sp³-hybridized carbons (Fsp3) is 0.500. The molecular weight excluding hydrogens is 294 g/mol. The maximum Gasteiger partial charge on any atom is 0.305 e. The summed E-state index contributed by atoms with van der Waals surface area (Å²) in [5.74, 6) is -1.31. The third kappa shape index (κ3) is 5.85. The number of aliphatic carboxylic acids is 1. The van der Waals surface area contributed by atoms with Gasteiger partial charge in [0.25, 0.3) is 0 Å². The molecule has 0 saturated carbocycles. The standard InChI is InChI=1S/C18H25NO4/c1-4-18(5-2,12-17(22)23)19-16(21)11-10-15(20)14-8-6-13(3)7-9-14/h6-9H,4-5,10-12H2,1-3H3,(H,19,21)(H,22,23). The molecule has 1 aromatic rings. The van der Waals surface area contributed by atoms with Crippen LogP contribution in [0.25, 0.3) is 0 Å². The molecule has 1 aromatic carbocycles. The Balaban J connectivity index is 2.59. The highest BCUT2D eigenvalue weighted by Crippen LogP contribution is 2.20. The van der Waals surface area contributed by atoms with Crippen LogP contribution in [0.2, 0.25) is 0 Å². The number of benzene rings is 1. The molecule has 0 unspecified atom stereocenters. The van der Waals surface area contributed by atoms with Crippen LogP contribution in [0.3, 0.4) is 0 Å². The summed E-state index contributed by atoms with van der Waals surface area (Å²) in [5, 5.41) is 11.8. The average Bonchev–Trinajstić information content (AvgIpc) is 2.52. The topological polar surface area (TPSA) is 83.5 Å². The van der Waals surface area contributed by atoms with Crippen molar-refractivity contribution in [1.82, 2.24) is 5.32 Å². The molecule has 0 aliphatic rings. The lowest BCUT2D eigenvalue weighted by molar-refractivity contribution is -0.139. The molecule has 0 heterocycles. The summed E-state index contributed by atoms with van der Waals surface area (Å²) in [5.41, 5.74) is 0.922. The highest BCUT2D eigenvalue weighted by molar-refractivity contribution is 5.98. The first-order chi connectivity index (χ1) is 10.8. The van der Waals surface area contributed by atoms with Crippen molar-refractivity contribution in [2.24, 2.45) is 0 Å². The largest absolute Gasteiger partial charge is 0.481 e. The number of Topliss-reactive ketones (excluding diaryl/α,β-unsaturated/α-hetero) is 1. The fourth-order valence-corrected chi connectivity index (χ4v) is 2.48. The number of carboxylic acid groups (broad SMARTS) is 1. The van der Waals surface area contributed by atoms with E-state index in [0.717, 1.165) is 5.56 Å². The quantitative estimate of drug-likeness (QED) is 0.685. The van der Waals surface area contributed by atoms with Crippen LogP contribution in [0, 0.1) is 6.92 Å². The molecule has 1 rings (SSSR count). The smallest absolute Gasteiger partial charge is 0.305 e. The molecule has 0 aromatic heterocycles. The molecule has 23 heavy (non-hydrogen) atoms. The van der Waals surface area contributed by atoms with Gasteiger partial charge < -0.3 is 10.4 Å². The number of rotatable bonds is 9. The number of aryl methyl sites for hydroxylation is 1. The van der Waals surface area contributed by atoms with Gasteiger partial charge in [-0.05, 0) is 19.8 Å².